The van der Waals surface area contributed by atoms with Crippen LogP contribution in [0.5, 0.6) is 0 Å². The van der Waals surface area contributed by atoms with Gasteiger partial charge in [-0.15, -0.1) is 0 Å². The van der Waals surface area contributed by atoms with Gasteiger partial charge in [-0.2, -0.15) is 0 Å². The van der Waals surface area contributed by atoms with Crippen LogP contribution < -0.4 is 5.32 Å². The predicted octanol–water partition coefficient (Wildman–Crippen LogP) is 2.34. The van der Waals surface area contributed by atoms with Gasteiger partial charge in [0.25, 0.3) is 0 Å². The molecule has 3 aliphatic rings. The fraction of sp³-hybridized carbons (Fsp3) is 0.600. The van der Waals surface area contributed by atoms with Gasteiger partial charge in [-0.05, 0) is 37.9 Å². The van der Waals surface area contributed by atoms with Crippen LogP contribution in [0.1, 0.15) is 18.4 Å². The highest BCUT2D eigenvalue weighted by atomic mass is 16.5. The SMILES string of the molecule is COCc1ccccc1NC1CN2CCC1CC2. The largest absolute Gasteiger partial charge is 0.380 e. The molecule has 3 heterocycles. The maximum absolute atomic E-state index is 5.27. The molecule has 1 aromatic carbocycles. The van der Waals surface area contributed by atoms with E-state index in [0.717, 1.165) is 5.92 Å². The lowest BCUT2D eigenvalue weighted by molar-refractivity contribution is 0.0974. The fourth-order valence-electron chi connectivity index (χ4n) is 3.27. The Kier molecular flexibility index (Phi) is 3.52. The van der Waals surface area contributed by atoms with E-state index in [1.54, 1.807) is 7.11 Å². The van der Waals surface area contributed by atoms with Crippen LogP contribution in [0.15, 0.2) is 24.3 Å². The molecule has 3 fully saturated rings. The third-order valence-electron chi connectivity index (χ3n) is 4.31. The summed E-state index contributed by atoms with van der Waals surface area (Å²) in [6.45, 7) is 4.47. The van der Waals surface area contributed by atoms with Gasteiger partial charge >= 0.3 is 0 Å². The fourth-order valence-corrected chi connectivity index (χ4v) is 3.27. The molecule has 3 saturated heterocycles. The van der Waals surface area contributed by atoms with Gasteiger partial charge < -0.3 is 15.0 Å². The maximum atomic E-state index is 5.27. The Labute approximate surface area is 109 Å². The highest BCUT2D eigenvalue weighted by molar-refractivity contribution is 5.51. The van der Waals surface area contributed by atoms with Crippen LogP contribution in [0.3, 0.4) is 0 Å². The van der Waals surface area contributed by atoms with Gasteiger partial charge in [-0.3, -0.25) is 0 Å². The van der Waals surface area contributed by atoms with Gasteiger partial charge in [-0.1, -0.05) is 18.2 Å². The summed E-state index contributed by atoms with van der Waals surface area (Å²) in [5.41, 5.74) is 2.51. The number of piperidine rings is 3. The van der Waals surface area contributed by atoms with Crippen LogP contribution in [-0.4, -0.2) is 37.7 Å². The summed E-state index contributed by atoms with van der Waals surface area (Å²) in [5, 5.41) is 3.74. The van der Waals surface area contributed by atoms with E-state index in [9.17, 15) is 0 Å². The number of nitrogens with zero attached hydrogens (tertiary/aromatic N) is 1. The number of ether oxygens (including phenoxy) is 1. The molecule has 98 valence electrons. The van der Waals surface area contributed by atoms with Crippen molar-refractivity contribution in [3.8, 4) is 0 Å². The van der Waals surface area contributed by atoms with Gasteiger partial charge in [0.1, 0.15) is 0 Å². The van der Waals surface area contributed by atoms with E-state index >= 15 is 0 Å². The first-order valence-corrected chi connectivity index (χ1v) is 6.92. The molecule has 1 unspecified atom stereocenters. The molecule has 0 aliphatic carbocycles. The third kappa shape index (κ3) is 2.38. The molecular weight excluding hydrogens is 224 g/mol. The Hall–Kier alpha value is -1.06. The molecule has 0 aromatic heterocycles. The van der Waals surface area contributed by atoms with Gasteiger partial charge in [0, 0.05) is 30.9 Å². The average Bonchev–Trinajstić information content (AvgIpc) is 2.43. The second-order valence-electron chi connectivity index (χ2n) is 5.48. The van der Waals surface area contributed by atoms with E-state index in [1.807, 2.05) is 0 Å². The minimum atomic E-state index is 0.616. The molecule has 0 amide bonds. The van der Waals surface area contributed by atoms with E-state index in [4.69, 9.17) is 4.74 Å². The van der Waals surface area contributed by atoms with Crippen molar-refractivity contribution in [1.82, 2.24) is 4.90 Å². The number of methoxy groups -OCH3 is 1. The number of benzene rings is 1. The number of anilines is 1. The molecule has 3 nitrogen and oxygen atoms in total. The zero-order chi connectivity index (χ0) is 12.4. The first-order valence-electron chi connectivity index (χ1n) is 6.92. The normalized spacial score (nSPS) is 30.4. The Morgan fingerprint density at radius 1 is 1.28 bits per heavy atom. The lowest BCUT2D eigenvalue weighted by Crippen LogP contribution is -2.53. The molecule has 3 heteroatoms. The minimum absolute atomic E-state index is 0.616. The molecule has 0 saturated carbocycles. The second-order valence-corrected chi connectivity index (χ2v) is 5.48. The standard InChI is InChI=1S/C15H22N2O/c1-18-11-13-4-2-3-5-14(13)16-15-10-17-8-6-12(15)7-9-17/h2-5,12,15-16H,6-11H2,1H3. The number of fused-ring (bicyclic) bond motifs is 3. The summed E-state index contributed by atoms with van der Waals surface area (Å²) >= 11 is 0. The highest BCUT2D eigenvalue weighted by Crippen LogP contribution is 2.30. The molecular formula is C15H22N2O. The molecule has 18 heavy (non-hydrogen) atoms. The van der Waals surface area contributed by atoms with Crippen LogP contribution in [0.2, 0.25) is 0 Å². The van der Waals surface area contributed by atoms with Crippen molar-refractivity contribution >= 4 is 5.69 Å². The molecule has 4 rings (SSSR count). The number of hydrogen-bond acceptors (Lipinski definition) is 3. The summed E-state index contributed by atoms with van der Waals surface area (Å²) in [5.74, 6) is 0.852. The number of rotatable bonds is 4. The Bertz CT molecular complexity index is 399. The quantitative estimate of drug-likeness (QED) is 0.882. The van der Waals surface area contributed by atoms with E-state index in [1.165, 1.54) is 43.7 Å². The minimum Gasteiger partial charge on any atom is -0.380 e. The van der Waals surface area contributed by atoms with Gasteiger partial charge in [-0.25, -0.2) is 0 Å². The number of hydrogen-bond donors (Lipinski definition) is 1. The van der Waals surface area contributed by atoms with E-state index in [0.29, 0.717) is 12.6 Å². The zero-order valence-electron chi connectivity index (χ0n) is 11.1. The maximum Gasteiger partial charge on any atom is 0.0733 e. The van der Waals surface area contributed by atoms with Crippen molar-refractivity contribution in [2.24, 2.45) is 5.92 Å². The van der Waals surface area contributed by atoms with Gasteiger partial charge in [0.2, 0.25) is 0 Å². The molecule has 1 atom stereocenters. The molecule has 2 bridgehead atoms. The van der Waals surface area contributed by atoms with Crippen molar-refractivity contribution in [3.63, 3.8) is 0 Å². The molecule has 0 radical (unpaired) electrons. The lowest BCUT2D eigenvalue weighted by atomic mass is 9.84. The summed E-state index contributed by atoms with van der Waals surface area (Å²) in [7, 11) is 1.76. The third-order valence-corrected chi connectivity index (χ3v) is 4.31. The summed E-state index contributed by atoms with van der Waals surface area (Å²) < 4.78 is 5.27. The van der Waals surface area contributed by atoms with Crippen LogP contribution >= 0.6 is 0 Å². The van der Waals surface area contributed by atoms with Crippen LogP contribution in [0, 0.1) is 5.92 Å². The van der Waals surface area contributed by atoms with E-state index in [2.05, 4.69) is 34.5 Å². The van der Waals surface area contributed by atoms with Gasteiger partial charge in [0.05, 0.1) is 6.61 Å². The van der Waals surface area contributed by atoms with Crippen LogP contribution in [0.25, 0.3) is 0 Å². The van der Waals surface area contributed by atoms with Crippen molar-refractivity contribution in [3.05, 3.63) is 29.8 Å². The first-order chi connectivity index (χ1) is 8.86. The Balaban J connectivity index is 1.72. The topological polar surface area (TPSA) is 24.5 Å². The number of nitrogens with one attached hydrogen (secondary N) is 1. The van der Waals surface area contributed by atoms with Crippen molar-refractivity contribution in [2.75, 3.05) is 32.1 Å². The lowest BCUT2D eigenvalue weighted by Gasteiger charge is -2.45. The van der Waals surface area contributed by atoms with Crippen LogP contribution in [-0.2, 0) is 11.3 Å². The zero-order valence-corrected chi connectivity index (χ0v) is 11.1. The van der Waals surface area contributed by atoms with Crippen LogP contribution in [0.4, 0.5) is 5.69 Å². The van der Waals surface area contributed by atoms with Crippen molar-refractivity contribution in [2.45, 2.75) is 25.5 Å². The molecule has 0 spiro atoms. The Morgan fingerprint density at radius 2 is 2.06 bits per heavy atom. The highest BCUT2D eigenvalue weighted by Gasteiger charge is 2.34. The first kappa shape index (κ1) is 12.0. The smallest absolute Gasteiger partial charge is 0.0733 e. The molecule has 3 aliphatic heterocycles. The number of para-hydroxylation sites is 1. The average molecular weight is 246 g/mol. The van der Waals surface area contributed by atoms with Crippen molar-refractivity contribution < 1.29 is 4.74 Å². The predicted molar refractivity (Wildman–Crippen MR) is 73.7 cm³/mol. The molecule has 1 N–H and O–H groups in total. The van der Waals surface area contributed by atoms with E-state index < -0.39 is 0 Å². The summed E-state index contributed by atoms with van der Waals surface area (Å²) in [4.78, 5) is 2.58. The van der Waals surface area contributed by atoms with E-state index in [-0.39, 0.29) is 0 Å². The monoisotopic (exact) mass is 246 g/mol. The van der Waals surface area contributed by atoms with Crippen molar-refractivity contribution in [1.29, 1.82) is 0 Å². The second kappa shape index (κ2) is 5.29. The molecule has 1 aromatic rings. The summed E-state index contributed by atoms with van der Waals surface area (Å²) in [6, 6.07) is 9.11. The van der Waals surface area contributed by atoms with Gasteiger partial charge in [0.15, 0.2) is 0 Å². The summed E-state index contributed by atoms with van der Waals surface area (Å²) in [6.07, 6.45) is 2.70. The Morgan fingerprint density at radius 3 is 2.72 bits per heavy atom.